The fraction of sp³-hybridized carbons (Fsp3) is 0.745. The third-order valence-electron chi connectivity index (χ3n) is 17.6. The second kappa shape index (κ2) is 18.4. The first kappa shape index (κ1) is 50.7. The van der Waals surface area contributed by atoms with Crippen molar-refractivity contribution in [1.29, 1.82) is 0 Å². The molecular formula is C55H85N3O7. The van der Waals surface area contributed by atoms with Gasteiger partial charge in [0.1, 0.15) is 11.2 Å². The van der Waals surface area contributed by atoms with Crippen molar-refractivity contribution in [1.82, 2.24) is 15.1 Å². The molecule has 9 atom stereocenters. The summed E-state index contributed by atoms with van der Waals surface area (Å²) in [5.74, 6) is 0.871. The first-order valence-electron chi connectivity index (χ1n) is 24.9. The summed E-state index contributed by atoms with van der Waals surface area (Å²) in [7, 11) is 4.03. The van der Waals surface area contributed by atoms with Crippen LogP contribution in [0, 0.1) is 56.7 Å². The molecule has 0 radical (unpaired) electrons. The Bertz CT molecular complexity index is 1990. The summed E-state index contributed by atoms with van der Waals surface area (Å²) in [6.07, 6.45) is 11.2. The molecule has 0 saturated heterocycles. The molecule has 10 nitrogen and oxygen atoms in total. The van der Waals surface area contributed by atoms with Gasteiger partial charge in [-0.3, -0.25) is 9.59 Å². The SMILES string of the molecule is C=C(CN(CCN(C)C)C(=O)OC(C)(C)C)[C@@H]1CC[C@]2(C(=O)NCCC(=O)OCC)CC[C@]3(C)[C@H](CC[C@@H]4[C@@]5(C)CC=C(c6ccc(C(=O)OC(C)(C)C)cc6)C(C)(C)C5CC[C@]43C)[C@@H]12. The van der Waals surface area contributed by atoms with E-state index in [0.29, 0.717) is 49.6 Å². The predicted octanol–water partition coefficient (Wildman–Crippen LogP) is 11.1. The highest BCUT2D eigenvalue weighted by Gasteiger charge is 2.71. The van der Waals surface area contributed by atoms with E-state index in [4.69, 9.17) is 20.8 Å². The van der Waals surface area contributed by atoms with Crippen molar-refractivity contribution in [2.24, 2.45) is 56.7 Å². The zero-order chi connectivity index (χ0) is 48.1. The van der Waals surface area contributed by atoms with Crippen molar-refractivity contribution in [2.45, 2.75) is 158 Å². The standard InChI is InChI=1S/C55H85N3O7/c1-16-63-44(59)26-32-56-47(61)55-29-23-39(36(2)35-58(34-33-57(14)15)48(62)65-50(6,7)8)45(55)41-21-22-43-52(11)27-24-40(37-17-19-38(20-18-37)46(60)64-49(3,4)5)51(9,10)42(52)25-28-54(43,13)53(41,12)30-31-55/h17-20,24,39,41-43,45H,2,16,21-23,25-35H2,1,3-15H3,(H,56,61)/t39-,41+,42?,43+,45+,52-,53+,54+,55-/m0/s1. The summed E-state index contributed by atoms with van der Waals surface area (Å²) in [6.45, 7) is 32.8. The second-order valence-electron chi connectivity index (χ2n) is 24.3. The molecule has 1 N–H and O–H groups in total. The van der Waals surface area contributed by atoms with E-state index in [2.05, 4.69) is 63.0 Å². The Balaban J connectivity index is 1.31. The highest BCUT2D eigenvalue weighted by atomic mass is 16.6. The van der Waals surface area contributed by atoms with Gasteiger partial charge in [-0.1, -0.05) is 65.0 Å². The number of hydrogen-bond acceptors (Lipinski definition) is 8. The van der Waals surface area contributed by atoms with Crippen LogP contribution in [0.3, 0.4) is 0 Å². The summed E-state index contributed by atoms with van der Waals surface area (Å²) >= 11 is 0. The Morgan fingerprint density at radius 2 is 1.46 bits per heavy atom. The number of ether oxygens (including phenoxy) is 3. The number of carbonyl (C=O) groups excluding carboxylic acids is 4. The van der Waals surface area contributed by atoms with Crippen molar-refractivity contribution in [3.05, 3.63) is 53.6 Å². The molecule has 2 amide bonds. The van der Waals surface area contributed by atoms with E-state index < -0.39 is 16.6 Å². The Labute approximate surface area is 392 Å². The molecule has 10 heteroatoms. The number of nitrogens with one attached hydrogen (secondary N) is 1. The Morgan fingerprint density at radius 3 is 2.08 bits per heavy atom. The van der Waals surface area contributed by atoms with Crippen molar-refractivity contribution < 1.29 is 33.4 Å². The number of amides is 2. The summed E-state index contributed by atoms with van der Waals surface area (Å²) in [4.78, 5) is 57.8. The second-order valence-corrected chi connectivity index (χ2v) is 24.3. The van der Waals surface area contributed by atoms with E-state index in [0.717, 1.165) is 63.4 Å². The van der Waals surface area contributed by atoms with Crippen molar-refractivity contribution in [2.75, 3.05) is 46.9 Å². The van der Waals surface area contributed by atoms with Crippen LogP contribution in [0.4, 0.5) is 4.79 Å². The van der Waals surface area contributed by atoms with Gasteiger partial charge >= 0.3 is 18.0 Å². The van der Waals surface area contributed by atoms with E-state index in [-0.39, 0.29) is 70.4 Å². The Kier molecular flexibility index (Phi) is 14.4. The third-order valence-corrected chi connectivity index (χ3v) is 17.6. The number of fused-ring (bicyclic) bond motifs is 7. The van der Waals surface area contributed by atoms with Gasteiger partial charge in [-0.15, -0.1) is 0 Å². The Morgan fingerprint density at radius 1 is 0.800 bits per heavy atom. The van der Waals surface area contributed by atoms with Gasteiger partial charge in [0, 0.05) is 26.2 Å². The normalized spacial score (nSPS) is 32.7. The number of carbonyl (C=O) groups is 4. The van der Waals surface area contributed by atoms with Crippen LogP contribution in [0.5, 0.6) is 0 Å². The molecule has 1 aromatic carbocycles. The smallest absolute Gasteiger partial charge is 0.410 e. The maximum atomic E-state index is 14.9. The first-order valence-corrected chi connectivity index (χ1v) is 24.9. The van der Waals surface area contributed by atoms with Crippen LogP contribution in [0.2, 0.25) is 0 Å². The number of hydrogen-bond donors (Lipinski definition) is 1. The summed E-state index contributed by atoms with van der Waals surface area (Å²) in [5.41, 5.74) is 2.40. The molecule has 0 heterocycles. The number of allylic oxidation sites excluding steroid dienone is 2. The Hall–Kier alpha value is -3.66. The van der Waals surface area contributed by atoms with Crippen molar-refractivity contribution in [3.63, 3.8) is 0 Å². The zero-order valence-corrected chi connectivity index (χ0v) is 42.8. The van der Waals surface area contributed by atoms with Crippen LogP contribution in [0.15, 0.2) is 42.5 Å². The van der Waals surface area contributed by atoms with Gasteiger partial charge in [-0.2, -0.15) is 0 Å². The van der Waals surface area contributed by atoms with Gasteiger partial charge in [0.25, 0.3) is 0 Å². The van der Waals surface area contributed by atoms with Gasteiger partial charge in [-0.05, 0) is 195 Å². The molecule has 0 spiro atoms. The van der Waals surface area contributed by atoms with E-state index in [9.17, 15) is 19.2 Å². The van der Waals surface area contributed by atoms with E-state index in [1.54, 1.807) is 6.92 Å². The van der Waals surface area contributed by atoms with Crippen LogP contribution >= 0.6 is 0 Å². The monoisotopic (exact) mass is 900 g/mol. The quantitative estimate of drug-likeness (QED) is 0.118. The molecule has 5 aliphatic carbocycles. The fourth-order valence-corrected chi connectivity index (χ4v) is 14.6. The average molecular weight is 900 g/mol. The minimum Gasteiger partial charge on any atom is -0.466 e. The zero-order valence-electron chi connectivity index (χ0n) is 42.8. The minimum absolute atomic E-state index is 0.0203. The van der Waals surface area contributed by atoms with E-state index in [1.807, 2.05) is 72.7 Å². The van der Waals surface area contributed by atoms with Gasteiger partial charge in [-0.25, -0.2) is 9.59 Å². The highest BCUT2D eigenvalue weighted by molar-refractivity contribution is 5.90. The minimum atomic E-state index is -0.631. The van der Waals surface area contributed by atoms with Crippen LogP contribution in [0.25, 0.3) is 5.57 Å². The lowest BCUT2D eigenvalue weighted by Crippen LogP contribution is -2.66. The molecule has 0 bridgehead atoms. The molecule has 4 fully saturated rings. The van der Waals surface area contributed by atoms with Crippen molar-refractivity contribution >= 4 is 29.5 Å². The molecule has 4 saturated carbocycles. The molecule has 1 aromatic rings. The van der Waals surface area contributed by atoms with Crippen LogP contribution < -0.4 is 5.32 Å². The molecule has 0 aliphatic heterocycles. The summed E-state index contributed by atoms with van der Waals surface area (Å²) in [6, 6.07) is 8.05. The molecule has 0 aromatic heterocycles. The lowest BCUT2D eigenvalue weighted by molar-refractivity contribution is -0.225. The predicted molar refractivity (Wildman–Crippen MR) is 259 cm³/mol. The maximum Gasteiger partial charge on any atom is 0.410 e. The van der Waals surface area contributed by atoms with Crippen LogP contribution in [0.1, 0.15) is 163 Å². The summed E-state index contributed by atoms with van der Waals surface area (Å²) < 4.78 is 16.8. The van der Waals surface area contributed by atoms with Crippen LogP contribution in [-0.4, -0.2) is 91.8 Å². The fourth-order valence-electron chi connectivity index (χ4n) is 14.6. The number of nitrogens with zero attached hydrogens (tertiary/aromatic N) is 2. The first-order chi connectivity index (χ1) is 30.1. The molecule has 362 valence electrons. The van der Waals surface area contributed by atoms with Gasteiger partial charge in [0.15, 0.2) is 0 Å². The largest absolute Gasteiger partial charge is 0.466 e. The van der Waals surface area contributed by atoms with Crippen LogP contribution in [-0.2, 0) is 23.8 Å². The number of esters is 2. The number of likely N-dealkylation sites (N-methyl/N-ethyl adjacent to an activating group) is 1. The van der Waals surface area contributed by atoms with E-state index in [1.165, 1.54) is 11.1 Å². The third kappa shape index (κ3) is 9.72. The average Bonchev–Trinajstić information content (AvgIpc) is 3.59. The lowest BCUT2D eigenvalue weighted by atomic mass is 9.32. The summed E-state index contributed by atoms with van der Waals surface area (Å²) in [5, 5.41) is 3.25. The van der Waals surface area contributed by atoms with Crippen molar-refractivity contribution in [3.8, 4) is 0 Å². The highest BCUT2D eigenvalue weighted by Crippen LogP contribution is 2.77. The number of rotatable bonds is 13. The molecule has 65 heavy (non-hydrogen) atoms. The molecule has 1 unspecified atom stereocenters. The van der Waals surface area contributed by atoms with Gasteiger partial charge in [0.2, 0.25) is 5.91 Å². The maximum absolute atomic E-state index is 14.9. The molecule has 6 rings (SSSR count). The van der Waals surface area contributed by atoms with Gasteiger partial charge in [0.05, 0.1) is 24.0 Å². The number of benzene rings is 1. The topological polar surface area (TPSA) is 114 Å². The molecule has 5 aliphatic rings. The van der Waals surface area contributed by atoms with E-state index >= 15 is 0 Å². The lowest BCUT2D eigenvalue weighted by Gasteiger charge is -2.72. The molecular weight excluding hydrogens is 815 g/mol. The van der Waals surface area contributed by atoms with Gasteiger partial charge < -0.3 is 29.3 Å².